The van der Waals surface area contributed by atoms with Crippen LogP contribution < -0.4 is 14.8 Å². The molecule has 0 saturated carbocycles. The second-order valence-corrected chi connectivity index (χ2v) is 8.25. The summed E-state index contributed by atoms with van der Waals surface area (Å²) in [7, 11) is 1.40. The molecule has 4 rings (SSSR count). The SMILES string of the molecule is CC(=O)N[C@@H](C)CO[C@@H]1CO[C@H]2[C@@H]1OC[C@H]2Oc1nc2c(F)cc(OCC(F)F)c(F)c2n1C. The quantitative estimate of drug-likeness (QED) is 0.536. The summed E-state index contributed by atoms with van der Waals surface area (Å²) in [6, 6.07) is 0.389. The molecule has 2 aliphatic heterocycles. The van der Waals surface area contributed by atoms with Crippen molar-refractivity contribution in [1.29, 1.82) is 0 Å². The molecule has 2 aliphatic rings. The first-order chi connectivity index (χ1) is 16.2. The number of fused-ring (bicyclic) bond motifs is 2. The summed E-state index contributed by atoms with van der Waals surface area (Å²) in [5.41, 5.74) is -0.606. The first-order valence-corrected chi connectivity index (χ1v) is 10.7. The fourth-order valence-electron chi connectivity index (χ4n) is 4.09. The lowest BCUT2D eigenvalue weighted by Gasteiger charge is -2.20. The second-order valence-electron chi connectivity index (χ2n) is 8.25. The minimum absolute atomic E-state index is 0.0969. The molecule has 1 N–H and O–H groups in total. The van der Waals surface area contributed by atoms with Gasteiger partial charge in [0.05, 0.1) is 19.8 Å². The molecule has 0 radical (unpaired) electrons. The fraction of sp³-hybridized carbons (Fsp3) is 0.619. The molecule has 188 valence electrons. The number of hydrogen-bond donors (Lipinski definition) is 1. The molecule has 2 aromatic rings. The summed E-state index contributed by atoms with van der Waals surface area (Å²) in [5.74, 6) is -2.77. The van der Waals surface area contributed by atoms with Gasteiger partial charge in [0.2, 0.25) is 5.91 Å². The summed E-state index contributed by atoms with van der Waals surface area (Å²) < 4.78 is 83.3. The number of imidazole rings is 1. The number of rotatable bonds is 9. The molecular formula is C21H25F4N3O6. The number of aryl methyl sites for hydroxylation is 1. The van der Waals surface area contributed by atoms with Crippen molar-refractivity contribution in [1.82, 2.24) is 14.9 Å². The van der Waals surface area contributed by atoms with Crippen molar-refractivity contribution < 1.29 is 46.0 Å². The smallest absolute Gasteiger partial charge is 0.297 e. The van der Waals surface area contributed by atoms with E-state index in [1.807, 2.05) is 6.92 Å². The molecule has 1 amide bonds. The second kappa shape index (κ2) is 9.92. The number of alkyl halides is 2. The third kappa shape index (κ3) is 4.91. The van der Waals surface area contributed by atoms with Crippen molar-refractivity contribution in [3.8, 4) is 11.8 Å². The van der Waals surface area contributed by atoms with E-state index >= 15 is 0 Å². The van der Waals surface area contributed by atoms with Gasteiger partial charge in [0.1, 0.15) is 36.0 Å². The molecule has 13 heteroatoms. The molecule has 1 aromatic heterocycles. The van der Waals surface area contributed by atoms with Crippen molar-refractivity contribution in [3.05, 3.63) is 17.7 Å². The van der Waals surface area contributed by atoms with Crippen LogP contribution in [0.2, 0.25) is 0 Å². The molecule has 3 heterocycles. The van der Waals surface area contributed by atoms with Gasteiger partial charge >= 0.3 is 0 Å². The van der Waals surface area contributed by atoms with Crippen molar-refractivity contribution >= 4 is 16.9 Å². The molecular weight excluding hydrogens is 466 g/mol. The zero-order valence-corrected chi connectivity index (χ0v) is 18.7. The topological polar surface area (TPSA) is 93.1 Å². The molecule has 9 nitrogen and oxygen atoms in total. The van der Waals surface area contributed by atoms with Gasteiger partial charge in [-0.1, -0.05) is 0 Å². The van der Waals surface area contributed by atoms with E-state index in [1.165, 1.54) is 18.5 Å². The maximum Gasteiger partial charge on any atom is 0.297 e. The monoisotopic (exact) mass is 491 g/mol. The summed E-state index contributed by atoms with van der Waals surface area (Å²) >= 11 is 0. The first kappa shape index (κ1) is 24.5. The Morgan fingerprint density at radius 1 is 1.24 bits per heavy atom. The van der Waals surface area contributed by atoms with Crippen LogP contribution >= 0.6 is 0 Å². The number of halogens is 4. The van der Waals surface area contributed by atoms with Crippen molar-refractivity contribution in [2.75, 3.05) is 26.4 Å². The van der Waals surface area contributed by atoms with E-state index in [2.05, 4.69) is 10.3 Å². The number of ether oxygens (including phenoxy) is 5. The molecule has 0 aliphatic carbocycles. The van der Waals surface area contributed by atoms with E-state index in [1.54, 1.807) is 0 Å². The van der Waals surface area contributed by atoms with E-state index < -0.39 is 48.7 Å². The van der Waals surface area contributed by atoms with Crippen molar-refractivity contribution in [3.63, 3.8) is 0 Å². The Hall–Kier alpha value is -2.64. The maximum absolute atomic E-state index is 14.8. The molecule has 0 spiro atoms. The van der Waals surface area contributed by atoms with Crippen molar-refractivity contribution in [2.45, 2.75) is 50.7 Å². The molecule has 34 heavy (non-hydrogen) atoms. The van der Waals surface area contributed by atoms with Gasteiger partial charge in [0.15, 0.2) is 23.5 Å². The zero-order chi connectivity index (χ0) is 24.6. The molecule has 0 bridgehead atoms. The highest BCUT2D eigenvalue weighted by Crippen LogP contribution is 2.35. The predicted molar refractivity (Wildman–Crippen MR) is 109 cm³/mol. The van der Waals surface area contributed by atoms with Crippen LogP contribution in [0.25, 0.3) is 11.0 Å². The van der Waals surface area contributed by atoms with Gasteiger partial charge in [-0.05, 0) is 6.92 Å². The summed E-state index contributed by atoms with van der Waals surface area (Å²) in [6.45, 7) is 2.81. The first-order valence-electron chi connectivity index (χ1n) is 10.7. The maximum atomic E-state index is 14.8. The highest BCUT2D eigenvalue weighted by atomic mass is 19.3. The number of nitrogens with one attached hydrogen (secondary N) is 1. The van der Waals surface area contributed by atoms with Gasteiger partial charge in [-0.2, -0.15) is 4.98 Å². The molecule has 1 aromatic carbocycles. The highest BCUT2D eigenvalue weighted by molar-refractivity contribution is 5.80. The van der Waals surface area contributed by atoms with E-state index in [4.69, 9.17) is 23.7 Å². The van der Waals surface area contributed by atoms with E-state index in [0.29, 0.717) is 6.07 Å². The van der Waals surface area contributed by atoms with E-state index in [0.717, 1.165) is 0 Å². The average Bonchev–Trinajstić information content (AvgIpc) is 3.43. The lowest BCUT2D eigenvalue weighted by Crippen LogP contribution is -2.39. The van der Waals surface area contributed by atoms with Gasteiger partial charge in [-0.25, -0.2) is 17.6 Å². The third-order valence-corrected chi connectivity index (χ3v) is 5.56. The van der Waals surface area contributed by atoms with Crippen LogP contribution in [-0.2, 0) is 26.1 Å². The van der Waals surface area contributed by atoms with Crippen LogP contribution in [0, 0.1) is 11.6 Å². The van der Waals surface area contributed by atoms with Gasteiger partial charge in [-0.3, -0.25) is 9.36 Å². The fourth-order valence-corrected chi connectivity index (χ4v) is 4.09. The van der Waals surface area contributed by atoms with Gasteiger partial charge in [-0.15, -0.1) is 0 Å². The van der Waals surface area contributed by atoms with Crippen LogP contribution in [-0.4, -0.2) is 78.8 Å². The normalized spacial score (nSPS) is 25.1. The Balaban J connectivity index is 1.45. The minimum Gasteiger partial charge on any atom is -0.484 e. The number of nitrogens with zero attached hydrogens (tertiary/aromatic N) is 2. The summed E-state index contributed by atoms with van der Waals surface area (Å²) in [6.07, 6.45) is -4.76. The predicted octanol–water partition coefficient (Wildman–Crippen LogP) is 1.95. The Labute approximate surface area is 192 Å². The summed E-state index contributed by atoms with van der Waals surface area (Å²) in [5, 5.41) is 2.72. The molecule has 2 fully saturated rings. The Morgan fingerprint density at radius 2 is 1.91 bits per heavy atom. The van der Waals surface area contributed by atoms with Crippen LogP contribution in [0.5, 0.6) is 11.8 Å². The largest absolute Gasteiger partial charge is 0.484 e. The Kier molecular flexibility index (Phi) is 7.14. The Bertz CT molecular complexity index is 1050. The van der Waals surface area contributed by atoms with Crippen LogP contribution in [0.1, 0.15) is 13.8 Å². The van der Waals surface area contributed by atoms with Crippen LogP contribution in [0.3, 0.4) is 0 Å². The van der Waals surface area contributed by atoms with Gasteiger partial charge in [0.25, 0.3) is 12.4 Å². The summed E-state index contributed by atoms with van der Waals surface area (Å²) in [4.78, 5) is 15.2. The lowest BCUT2D eigenvalue weighted by molar-refractivity contribution is -0.120. The third-order valence-electron chi connectivity index (χ3n) is 5.56. The van der Waals surface area contributed by atoms with Crippen LogP contribution in [0.4, 0.5) is 17.6 Å². The number of amides is 1. The van der Waals surface area contributed by atoms with E-state index in [-0.39, 0.29) is 54.9 Å². The highest BCUT2D eigenvalue weighted by Gasteiger charge is 2.50. The molecule has 5 atom stereocenters. The molecule has 0 unspecified atom stereocenters. The number of aromatic nitrogens is 2. The number of carbonyl (C=O) groups is 1. The zero-order valence-electron chi connectivity index (χ0n) is 18.7. The standard InChI is InChI=1S/C21H25F4N3O6/c1-9(26-10(2)29)5-30-13-6-32-20-14(7-33-19(13)20)34-21-27-17-11(22)4-12(31-8-15(23)24)16(25)18(17)28(21)3/h4,9,13-15,19-20H,5-8H2,1-3H3,(H,26,29)/t9-,13+,14+,19+,20+/m0/s1. The average molecular weight is 491 g/mol. The number of hydrogen-bond acceptors (Lipinski definition) is 7. The molecule has 2 saturated heterocycles. The van der Waals surface area contributed by atoms with E-state index in [9.17, 15) is 22.4 Å². The number of carbonyl (C=O) groups excluding carboxylic acids is 1. The number of benzene rings is 1. The van der Waals surface area contributed by atoms with Gasteiger partial charge < -0.3 is 29.0 Å². The van der Waals surface area contributed by atoms with Crippen molar-refractivity contribution in [2.24, 2.45) is 7.05 Å². The minimum atomic E-state index is -2.84. The van der Waals surface area contributed by atoms with Crippen LogP contribution in [0.15, 0.2) is 6.07 Å². The lowest BCUT2D eigenvalue weighted by atomic mass is 10.1. The Morgan fingerprint density at radius 3 is 2.59 bits per heavy atom. The van der Waals surface area contributed by atoms with Gasteiger partial charge in [0, 0.05) is 26.1 Å².